The van der Waals surface area contributed by atoms with E-state index in [0.717, 1.165) is 24.1 Å². The molecule has 1 atom stereocenters. The molecule has 0 aliphatic carbocycles. The molecule has 0 unspecified atom stereocenters. The molecule has 0 radical (unpaired) electrons. The maximum absolute atomic E-state index is 12.5. The lowest BCUT2D eigenvalue weighted by molar-refractivity contribution is -0.141. The third-order valence-corrected chi connectivity index (χ3v) is 3.74. The molecule has 2 rings (SSSR count). The largest absolute Gasteiger partial charge is 0.480 e. The molecule has 114 valence electrons. The normalized spacial score (nSPS) is 16.0. The average Bonchev–Trinajstić information content (AvgIpc) is 2.42. The van der Waals surface area contributed by atoms with Crippen molar-refractivity contribution in [2.45, 2.75) is 39.7 Å². The zero-order valence-electron chi connectivity index (χ0n) is 12.7. The van der Waals surface area contributed by atoms with Crippen molar-refractivity contribution in [1.82, 2.24) is 5.32 Å². The van der Waals surface area contributed by atoms with E-state index in [0.29, 0.717) is 6.54 Å². The van der Waals surface area contributed by atoms with Gasteiger partial charge in [-0.05, 0) is 29.9 Å². The third-order valence-electron chi connectivity index (χ3n) is 3.74. The Balaban J connectivity index is 2.20. The van der Waals surface area contributed by atoms with Crippen LogP contribution in [0.5, 0.6) is 0 Å². The van der Waals surface area contributed by atoms with Crippen LogP contribution >= 0.6 is 0 Å². The minimum Gasteiger partial charge on any atom is -0.480 e. The standard InChI is InChI=1S/C16H22N2O3/c1-16(2,3)13(14(19)20)17-15(21)18-10-6-8-11-7-4-5-9-12(11)18/h4-5,7,9,13H,6,8,10H2,1-3H3,(H,17,21)(H,19,20)/t13-/m1/s1. The molecule has 5 nitrogen and oxygen atoms in total. The first-order valence-corrected chi connectivity index (χ1v) is 7.19. The molecular weight excluding hydrogens is 268 g/mol. The average molecular weight is 290 g/mol. The highest BCUT2D eigenvalue weighted by Gasteiger charge is 2.34. The zero-order valence-corrected chi connectivity index (χ0v) is 12.7. The van der Waals surface area contributed by atoms with Gasteiger partial charge in [0, 0.05) is 12.2 Å². The summed E-state index contributed by atoms with van der Waals surface area (Å²) < 4.78 is 0. The number of carboxylic acids is 1. The smallest absolute Gasteiger partial charge is 0.326 e. The number of fused-ring (bicyclic) bond motifs is 1. The maximum atomic E-state index is 12.5. The predicted octanol–water partition coefficient (Wildman–Crippen LogP) is 2.65. The number of aryl methyl sites for hydroxylation is 1. The van der Waals surface area contributed by atoms with Gasteiger partial charge in [-0.1, -0.05) is 39.0 Å². The summed E-state index contributed by atoms with van der Waals surface area (Å²) in [6.07, 6.45) is 1.83. The SMILES string of the molecule is CC(C)(C)[C@H](NC(=O)N1CCCc2ccccc21)C(=O)O. The molecule has 2 N–H and O–H groups in total. The van der Waals surface area contributed by atoms with Crippen LogP contribution in [0.4, 0.5) is 10.5 Å². The molecule has 0 saturated heterocycles. The second kappa shape index (κ2) is 5.76. The summed E-state index contributed by atoms with van der Waals surface area (Å²) in [5, 5.41) is 12.0. The maximum Gasteiger partial charge on any atom is 0.326 e. The summed E-state index contributed by atoms with van der Waals surface area (Å²) in [6.45, 7) is 6.02. The van der Waals surface area contributed by atoms with Gasteiger partial charge in [-0.15, -0.1) is 0 Å². The monoisotopic (exact) mass is 290 g/mol. The highest BCUT2D eigenvalue weighted by Crippen LogP contribution is 2.27. The van der Waals surface area contributed by atoms with Gasteiger partial charge >= 0.3 is 12.0 Å². The first-order valence-electron chi connectivity index (χ1n) is 7.19. The van der Waals surface area contributed by atoms with Crippen LogP contribution in [-0.4, -0.2) is 29.7 Å². The summed E-state index contributed by atoms with van der Waals surface area (Å²) in [5.74, 6) is -1.01. The number of nitrogens with zero attached hydrogens (tertiary/aromatic N) is 1. The highest BCUT2D eigenvalue weighted by atomic mass is 16.4. The first-order chi connectivity index (χ1) is 9.80. The number of aliphatic carboxylic acids is 1. The van der Waals surface area contributed by atoms with Crippen LogP contribution in [0, 0.1) is 5.41 Å². The number of anilines is 1. The Morgan fingerprint density at radius 3 is 2.57 bits per heavy atom. The molecule has 1 aromatic rings. The number of carbonyl (C=O) groups excluding carboxylic acids is 1. The van der Waals surface area contributed by atoms with E-state index in [-0.39, 0.29) is 6.03 Å². The van der Waals surface area contributed by atoms with E-state index in [1.807, 2.05) is 24.3 Å². The number of rotatable bonds is 2. The second-order valence-electron chi connectivity index (χ2n) is 6.47. The molecule has 0 spiro atoms. The lowest BCUT2D eigenvalue weighted by atomic mass is 9.87. The lowest BCUT2D eigenvalue weighted by Gasteiger charge is -2.33. The van der Waals surface area contributed by atoms with Crippen LogP contribution in [0.15, 0.2) is 24.3 Å². The summed E-state index contributed by atoms with van der Waals surface area (Å²) in [6, 6.07) is 6.50. The number of hydrogen-bond acceptors (Lipinski definition) is 2. The van der Waals surface area contributed by atoms with E-state index < -0.39 is 17.4 Å². The van der Waals surface area contributed by atoms with Gasteiger partial charge in [-0.25, -0.2) is 9.59 Å². The lowest BCUT2D eigenvalue weighted by Crippen LogP contribution is -2.54. The first kappa shape index (κ1) is 15.4. The summed E-state index contributed by atoms with van der Waals surface area (Å²) >= 11 is 0. The van der Waals surface area contributed by atoms with E-state index in [2.05, 4.69) is 5.32 Å². The Hall–Kier alpha value is -2.04. The second-order valence-corrected chi connectivity index (χ2v) is 6.47. The summed E-state index contributed by atoms with van der Waals surface area (Å²) in [4.78, 5) is 25.5. The van der Waals surface area contributed by atoms with Gasteiger partial charge in [0.25, 0.3) is 0 Å². The van der Waals surface area contributed by atoms with E-state index >= 15 is 0 Å². The molecule has 1 aromatic carbocycles. The van der Waals surface area contributed by atoms with Gasteiger partial charge in [0.1, 0.15) is 6.04 Å². The van der Waals surface area contributed by atoms with Crippen LogP contribution in [-0.2, 0) is 11.2 Å². The van der Waals surface area contributed by atoms with Gasteiger partial charge in [0.15, 0.2) is 0 Å². The minimum absolute atomic E-state index is 0.343. The van der Waals surface area contributed by atoms with Crippen molar-refractivity contribution in [3.8, 4) is 0 Å². The van der Waals surface area contributed by atoms with Crippen molar-refractivity contribution in [2.75, 3.05) is 11.4 Å². The Labute approximate surface area is 125 Å². The number of nitrogens with one attached hydrogen (secondary N) is 1. The molecule has 2 amide bonds. The number of hydrogen-bond donors (Lipinski definition) is 2. The Kier molecular flexibility index (Phi) is 4.21. The van der Waals surface area contributed by atoms with Crippen molar-refractivity contribution >= 4 is 17.7 Å². The molecule has 1 aliphatic heterocycles. The zero-order chi connectivity index (χ0) is 15.6. The van der Waals surface area contributed by atoms with Crippen LogP contribution in [0.2, 0.25) is 0 Å². The summed E-state index contributed by atoms with van der Waals surface area (Å²) in [7, 11) is 0. The molecule has 0 fully saturated rings. The highest BCUT2D eigenvalue weighted by molar-refractivity contribution is 5.95. The number of carboxylic acid groups (broad SMARTS) is 1. The number of carbonyl (C=O) groups is 2. The van der Waals surface area contributed by atoms with Crippen molar-refractivity contribution in [3.63, 3.8) is 0 Å². The van der Waals surface area contributed by atoms with Gasteiger partial charge in [-0.2, -0.15) is 0 Å². The fourth-order valence-corrected chi connectivity index (χ4v) is 2.59. The molecular formula is C16H22N2O3. The summed E-state index contributed by atoms with van der Waals surface area (Å²) in [5.41, 5.74) is 1.46. The molecule has 0 aromatic heterocycles. The number of urea groups is 1. The molecule has 21 heavy (non-hydrogen) atoms. The van der Waals surface area contributed by atoms with Crippen LogP contribution in [0.3, 0.4) is 0 Å². The molecule has 0 bridgehead atoms. The fraction of sp³-hybridized carbons (Fsp3) is 0.500. The fourth-order valence-electron chi connectivity index (χ4n) is 2.59. The molecule has 5 heteroatoms. The van der Waals surface area contributed by atoms with Crippen LogP contribution in [0.1, 0.15) is 32.8 Å². The van der Waals surface area contributed by atoms with Crippen molar-refractivity contribution in [3.05, 3.63) is 29.8 Å². The molecule has 1 heterocycles. The Morgan fingerprint density at radius 2 is 1.95 bits per heavy atom. The number of amides is 2. The van der Waals surface area contributed by atoms with Gasteiger partial charge < -0.3 is 10.4 Å². The van der Waals surface area contributed by atoms with E-state index in [9.17, 15) is 14.7 Å². The molecule has 0 saturated carbocycles. The van der Waals surface area contributed by atoms with E-state index in [1.54, 1.807) is 25.7 Å². The Morgan fingerprint density at radius 1 is 1.29 bits per heavy atom. The van der Waals surface area contributed by atoms with Gasteiger partial charge in [-0.3, -0.25) is 4.90 Å². The topological polar surface area (TPSA) is 69.6 Å². The van der Waals surface area contributed by atoms with Gasteiger partial charge in [0.05, 0.1) is 0 Å². The number of benzene rings is 1. The number of para-hydroxylation sites is 1. The van der Waals surface area contributed by atoms with Gasteiger partial charge in [0.2, 0.25) is 0 Å². The quantitative estimate of drug-likeness (QED) is 0.879. The predicted molar refractivity (Wildman–Crippen MR) is 81.5 cm³/mol. The Bertz CT molecular complexity index is 549. The van der Waals surface area contributed by atoms with E-state index in [4.69, 9.17) is 0 Å². The molecule has 1 aliphatic rings. The van der Waals surface area contributed by atoms with Crippen LogP contribution < -0.4 is 10.2 Å². The third kappa shape index (κ3) is 3.35. The van der Waals surface area contributed by atoms with Crippen LogP contribution in [0.25, 0.3) is 0 Å². The van der Waals surface area contributed by atoms with Crippen molar-refractivity contribution < 1.29 is 14.7 Å². The van der Waals surface area contributed by atoms with Crippen molar-refractivity contribution in [2.24, 2.45) is 5.41 Å². The van der Waals surface area contributed by atoms with E-state index in [1.165, 1.54) is 0 Å². The minimum atomic E-state index is -1.01. The van der Waals surface area contributed by atoms with Crippen molar-refractivity contribution in [1.29, 1.82) is 0 Å².